The molecule has 2 aliphatic rings. The molecule has 1 aliphatic heterocycles. The van der Waals surface area contributed by atoms with Gasteiger partial charge in [0.25, 0.3) is 5.56 Å². The highest BCUT2D eigenvalue weighted by Crippen LogP contribution is 2.41. The van der Waals surface area contributed by atoms with E-state index in [9.17, 15) is 14.4 Å². The lowest BCUT2D eigenvalue weighted by Gasteiger charge is -2.32. The Balaban J connectivity index is 1.23. The number of fused-ring (bicyclic) bond motifs is 1. The van der Waals surface area contributed by atoms with E-state index in [4.69, 9.17) is 20.2 Å². The van der Waals surface area contributed by atoms with Crippen molar-refractivity contribution in [3.8, 4) is 17.1 Å². The minimum absolute atomic E-state index is 0.00889. The van der Waals surface area contributed by atoms with Crippen LogP contribution in [0.1, 0.15) is 74.9 Å². The van der Waals surface area contributed by atoms with Gasteiger partial charge in [-0.2, -0.15) is 15.1 Å². The maximum Gasteiger partial charge on any atom is 0.410 e. The minimum atomic E-state index is -0.626. The number of nitrogen functional groups attached to an aromatic ring is 1. The lowest BCUT2D eigenvalue weighted by atomic mass is 9.97. The summed E-state index contributed by atoms with van der Waals surface area (Å²) < 4.78 is 30.0. The Morgan fingerprint density at radius 2 is 1.81 bits per heavy atom. The van der Waals surface area contributed by atoms with Crippen molar-refractivity contribution >= 4 is 28.8 Å². The van der Waals surface area contributed by atoms with Gasteiger partial charge in [0.1, 0.15) is 23.8 Å². The van der Waals surface area contributed by atoms with Crippen LogP contribution in [0.4, 0.5) is 15.1 Å². The summed E-state index contributed by atoms with van der Waals surface area (Å²) in [6, 6.07) is 10.2. The first-order chi connectivity index (χ1) is 24.8. The first-order valence-electron chi connectivity index (χ1n) is 17.4. The molecule has 7 rings (SSSR count). The number of aryl methyl sites for hydroxylation is 1. The number of carbonyl (C=O) groups is 2. The number of benzene rings is 2. The number of amides is 1. The SMILES string of the molecule is Cn1cc(Cc2nc(N)nc(-c3cccc(-n4ccc5cc(C6CC6)cc(F)c5c4=O)c3COC(=O)C3CCN(C(=O)OC(C)(C)C)CC3)n2)cn1. The van der Waals surface area contributed by atoms with Gasteiger partial charge < -0.3 is 20.1 Å². The molecule has 4 heterocycles. The molecule has 0 radical (unpaired) electrons. The van der Waals surface area contributed by atoms with Crippen LogP contribution in [0.15, 0.2) is 59.8 Å². The summed E-state index contributed by atoms with van der Waals surface area (Å²) in [4.78, 5) is 55.2. The molecule has 1 amide bonds. The van der Waals surface area contributed by atoms with Crippen LogP contribution in [-0.4, -0.2) is 65.0 Å². The van der Waals surface area contributed by atoms with Crippen LogP contribution < -0.4 is 11.3 Å². The third-order valence-corrected chi connectivity index (χ3v) is 9.34. The summed E-state index contributed by atoms with van der Waals surface area (Å²) in [5.74, 6) is -0.542. The first-order valence-corrected chi connectivity index (χ1v) is 17.4. The summed E-state index contributed by atoms with van der Waals surface area (Å²) in [7, 11) is 1.81. The van der Waals surface area contributed by atoms with Crippen molar-refractivity contribution in [1.82, 2.24) is 34.2 Å². The third kappa shape index (κ3) is 7.51. The molecule has 3 aromatic heterocycles. The highest BCUT2D eigenvalue weighted by molar-refractivity contribution is 5.84. The molecular weight excluding hydrogens is 667 g/mol. The van der Waals surface area contributed by atoms with E-state index in [-0.39, 0.29) is 23.8 Å². The standard InChI is InChI=1S/C38H41FN8O5/c1-38(2,3)52-37(50)46-13-10-24(11-14-46)35(49)51-21-28-27(33-42-31(43-36(40)44-33)16-22-19-41-45(4)20-22)6-5-7-30(28)47-15-12-25-17-26(23-8-9-23)18-29(39)32(25)34(47)48/h5-7,12,15,17-20,23-24H,8-11,13-14,16,21H2,1-4H3,(H2,40,42,43,44). The summed E-state index contributed by atoms with van der Waals surface area (Å²) >= 11 is 0. The molecule has 52 heavy (non-hydrogen) atoms. The first kappa shape index (κ1) is 34.8. The summed E-state index contributed by atoms with van der Waals surface area (Å²) in [6.07, 6.45) is 7.90. The van der Waals surface area contributed by atoms with E-state index in [1.54, 1.807) is 67.0 Å². The van der Waals surface area contributed by atoms with Crippen LogP contribution >= 0.6 is 0 Å². The van der Waals surface area contributed by atoms with E-state index in [1.165, 1.54) is 10.6 Å². The number of carbonyl (C=O) groups excluding carboxylic acids is 2. The zero-order valence-corrected chi connectivity index (χ0v) is 29.6. The molecule has 2 N–H and O–H groups in total. The molecule has 270 valence electrons. The number of piperidine rings is 1. The topological polar surface area (TPSA) is 160 Å². The van der Waals surface area contributed by atoms with Gasteiger partial charge in [-0.1, -0.05) is 18.2 Å². The van der Waals surface area contributed by atoms with Crippen LogP contribution in [0.5, 0.6) is 0 Å². The van der Waals surface area contributed by atoms with Gasteiger partial charge >= 0.3 is 12.1 Å². The molecule has 2 fully saturated rings. The van der Waals surface area contributed by atoms with Crippen LogP contribution in [0.25, 0.3) is 27.8 Å². The fraction of sp³-hybridized carbons (Fsp3) is 0.395. The Morgan fingerprint density at radius 1 is 1.04 bits per heavy atom. The van der Waals surface area contributed by atoms with Crippen molar-refractivity contribution in [2.45, 2.75) is 71.0 Å². The molecule has 0 unspecified atom stereocenters. The quantitative estimate of drug-likeness (QED) is 0.205. The lowest BCUT2D eigenvalue weighted by Crippen LogP contribution is -2.43. The fourth-order valence-electron chi connectivity index (χ4n) is 6.62. The number of rotatable bonds is 8. The predicted octanol–water partition coefficient (Wildman–Crippen LogP) is 5.46. The van der Waals surface area contributed by atoms with E-state index in [1.807, 2.05) is 19.3 Å². The number of aromatic nitrogens is 6. The Labute approximate surface area is 299 Å². The number of hydrogen-bond donors (Lipinski definition) is 1. The van der Waals surface area contributed by atoms with E-state index >= 15 is 4.39 Å². The molecule has 1 aliphatic carbocycles. The van der Waals surface area contributed by atoms with Crippen molar-refractivity contribution in [2.75, 3.05) is 18.8 Å². The molecule has 0 bridgehead atoms. The molecule has 1 saturated carbocycles. The van der Waals surface area contributed by atoms with Gasteiger partial charge in [-0.05, 0) is 87.1 Å². The molecule has 14 heteroatoms. The van der Waals surface area contributed by atoms with Gasteiger partial charge in [0.2, 0.25) is 5.95 Å². The normalized spacial score (nSPS) is 15.2. The van der Waals surface area contributed by atoms with E-state index in [2.05, 4.69) is 15.1 Å². The Kier molecular flexibility index (Phi) is 9.24. The van der Waals surface area contributed by atoms with E-state index in [0.717, 1.165) is 24.0 Å². The minimum Gasteiger partial charge on any atom is -0.460 e. The van der Waals surface area contributed by atoms with Crippen molar-refractivity contribution in [2.24, 2.45) is 13.0 Å². The molecule has 1 saturated heterocycles. The second kappa shape index (κ2) is 13.8. The smallest absolute Gasteiger partial charge is 0.410 e. The van der Waals surface area contributed by atoms with Crippen molar-refractivity contribution in [3.63, 3.8) is 0 Å². The number of pyridine rings is 1. The van der Waals surface area contributed by atoms with Gasteiger partial charge in [-0.25, -0.2) is 14.2 Å². The average Bonchev–Trinajstić information content (AvgIpc) is 3.87. The van der Waals surface area contributed by atoms with Gasteiger partial charge in [0.05, 0.1) is 23.2 Å². The largest absolute Gasteiger partial charge is 0.460 e. The van der Waals surface area contributed by atoms with Gasteiger partial charge in [0.15, 0.2) is 5.82 Å². The summed E-state index contributed by atoms with van der Waals surface area (Å²) in [5, 5.41) is 4.71. The number of halogens is 1. The molecule has 0 atom stereocenters. The van der Waals surface area contributed by atoms with Gasteiger partial charge in [0, 0.05) is 50.1 Å². The fourth-order valence-corrected chi connectivity index (χ4v) is 6.62. The van der Waals surface area contributed by atoms with Gasteiger partial charge in [-0.15, -0.1) is 0 Å². The number of nitrogens with two attached hydrogens (primary N) is 1. The number of nitrogens with zero attached hydrogens (tertiary/aromatic N) is 7. The van der Waals surface area contributed by atoms with Crippen molar-refractivity contribution in [3.05, 3.63) is 93.7 Å². The zero-order valence-electron chi connectivity index (χ0n) is 29.6. The molecule has 0 spiro atoms. The molecule has 2 aromatic carbocycles. The molecular formula is C38H41FN8O5. The lowest BCUT2D eigenvalue weighted by molar-refractivity contribution is -0.151. The second-order valence-electron chi connectivity index (χ2n) is 14.5. The molecule has 13 nitrogen and oxygen atoms in total. The van der Waals surface area contributed by atoms with Gasteiger partial charge in [-0.3, -0.25) is 18.8 Å². The number of anilines is 1. The van der Waals surface area contributed by atoms with E-state index < -0.39 is 35.0 Å². The predicted molar refractivity (Wildman–Crippen MR) is 191 cm³/mol. The average molecular weight is 709 g/mol. The monoisotopic (exact) mass is 708 g/mol. The summed E-state index contributed by atoms with van der Waals surface area (Å²) in [6.45, 7) is 5.87. The number of hydrogen-bond acceptors (Lipinski definition) is 10. The van der Waals surface area contributed by atoms with Crippen LogP contribution in [0, 0.1) is 11.7 Å². The number of ether oxygens (including phenoxy) is 2. The molecule has 5 aromatic rings. The van der Waals surface area contributed by atoms with Crippen molar-refractivity contribution < 1.29 is 23.5 Å². The Bertz CT molecular complexity index is 2230. The van der Waals surface area contributed by atoms with Crippen molar-refractivity contribution in [1.29, 1.82) is 0 Å². The Hall–Kier alpha value is -5.66. The van der Waals surface area contributed by atoms with Crippen LogP contribution in [0.2, 0.25) is 0 Å². The zero-order chi connectivity index (χ0) is 36.7. The highest BCUT2D eigenvalue weighted by atomic mass is 19.1. The third-order valence-electron chi connectivity index (χ3n) is 9.34. The second-order valence-corrected chi connectivity index (χ2v) is 14.5. The maximum atomic E-state index is 15.6. The Morgan fingerprint density at radius 3 is 2.50 bits per heavy atom. The van der Waals surface area contributed by atoms with E-state index in [0.29, 0.717) is 66.3 Å². The van der Waals surface area contributed by atoms with Crippen LogP contribution in [0.3, 0.4) is 0 Å². The highest BCUT2D eigenvalue weighted by Gasteiger charge is 2.31. The van der Waals surface area contributed by atoms with Crippen LogP contribution in [-0.2, 0) is 34.3 Å². The summed E-state index contributed by atoms with van der Waals surface area (Å²) in [5.41, 5.74) is 8.02. The number of likely N-dealkylation sites (tertiary alicyclic amines) is 1. The number of esters is 1. The maximum absolute atomic E-state index is 15.6.